The minimum Gasteiger partial charge on any atom is -0.399 e. The van der Waals surface area contributed by atoms with E-state index in [1.807, 2.05) is 35.2 Å². The molecule has 0 saturated heterocycles. The first-order chi connectivity index (χ1) is 6.79. The van der Waals surface area contributed by atoms with Crippen molar-refractivity contribution in [1.29, 1.82) is 0 Å². The molecule has 72 valence electrons. The second-order valence-electron chi connectivity index (χ2n) is 3.29. The Morgan fingerprint density at radius 2 is 2.36 bits per heavy atom. The van der Waals surface area contributed by atoms with Crippen LogP contribution in [0.25, 0.3) is 10.9 Å². The van der Waals surface area contributed by atoms with Crippen molar-refractivity contribution < 1.29 is 0 Å². The van der Waals surface area contributed by atoms with E-state index >= 15 is 0 Å². The minimum atomic E-state index is 0.756. The van der Waals surface area contributed by atoms with Gasteiger partial charge in [-0.05, 0) is 24.6 Å². The molecule has 0 amide bonds. The summed E-state index contributed by atoms with van der Waals surface area (Å²) < 4.78 is 1.92. The fraction of sp³-hybridized carbons (Fsp3) is 0.182. The van der Waals surface area contributed by atoms with Crippen molar-refractivity contribution in [2.24, 2.45) is 0 Å². The van der Waals surface area contributed by atoms with Crippen LogP contribution in [-0.2, 0) is 6.54 Å². The van der Waals surface area contributed by atoms with Crippen LogP contribution in [0.3, 0.4) is 0 Å². The third-order valence-corrected chi connectivity index (χ3v) is 2.14. The molecule has 2 aromatic rings. The first-order valence-electron chi connectivity index (χ1n) is 4.63. The van der Waals surface area contributed by atoms with E-state index in [2.05, 4.69) is 11.7 Å². The molecule has 2 N–H and O–H groups in total. The SMILES string of the molecule is C=CCCn1cc2ccc(N)cc2n1. The average molecular weight is 187 g/mol. The Hall–Kier alpha value is -1.77. The number of fused-ring (bicyclic) bond motifs is 1. The van der Waals surface area contributed by atoms with Crippen LogP contribution in [0.5, 0.6) is 0 Å². The lowest BCUT2D eigenvalue weighted by atomic mass is 10.2. The predicted molar refractivity (Wildman–Crippen MR) is 59.0 cm³/mol. The maximum absolute atomic E-state index is 5.67. The van der Waals surface area contributed by atoms with Gasteiger partial charge in [0.05, 0.1) is 5.52 Å². The van der Waals surface area contributed by atoms with Gasteiger partial charge in [0.2, 0.25) is 0 Å². The summed E-state index contributed by atoms with van der Waals surface area (Å²) in [5, 5.41) is 5.53. The van der Waals surface area contributed by atoms with E-state index in [-0.39, 0.29) is 0 Å². The number of nitrogens with zero attached hydrogens (tertiary/aromatic N) is 2. The highest BCUT2D eigenvalue weighted by Crippen LogP contribution is 2.15. The van der Waals surface area contributed by atoms with E-state index in [0.29, 0.717) is 0 Å². The topological polar surface area (TPSA) is 43.8 Å². The summed E-state index contributed by atoms with van der Waals surface area (Å²) in [6.45, 7) is 4.56. The van der Waals surface area contributed by atoms with Gasteiger partial charge in [-0.25, -0.2) is 0 Å². The van der Waals surface area contributed by atoms with Crippen LogP contribution in [0.4, 0.5) is 5.69 Å². The quantitative estimate of drug-likeness (QED) is 0.591. The number of hydrogen-bond acceptors (Lipinski definition) is 2. The molecule has 1 aromatic heterocycles. The van der Waals surface area contributed by atoms with Crippen LogP contribution in [0.2, 0.25) is 0 Å². The van der Waals surface area contributed by atoms with Crippen molar-refractivity contribution in [3.8, 4) is 0 Å². The van der Waals surface area contributed by atoms with E-state index in [9.17, 15) is 0 Å². The van der Waals surface area contributed by atoms with Crippen LogP contribution < -0.4 is 5.73 Å². The van der Waals surface area contributed by atoms with Crippen LogP contribution >= 0.6 is 0 Å². The highest BCUT2D eigenvalue weighted by Gasteiger charge is 1.99. The van der Waals surface area contributed by atoms with Crippen molar-refractivity contribution in [1.82, 2.24) is 9.78 Å². The molecule has 1 aromatic carbocycles. The molecule has 3 heteroatoms. The normalized spacial score (nSPS) is 10.6. The molecule has 0 aliphatic carbocycles. The third kappa shape index (κ3) is 1.62. The van der Waals surface area contributed by atoms with Crippen molar-refractivity contribution in [3.63, 3.8) is 0 Å². The molecule has 2 rings (SSSR count). The van der Waals surface area contributed by atoms with Gasteiger partial charge in [0.25, 0.3) is 0 Å². The summed E-state index contributed by atoms with van der Waals surface area (Å²) in [4.78, 5) is 0. The van der Waals surface area contributed by atoms with Gasteiger partial charge in [0.1, 0.15) is 0 Å². The molecule has 0 aliphatic heterocycles. The van der Waals surface area contributed by atoms with Gasteiger partial charge in [-0.2, -0.15) is 5.10 Å². The zero-order chi connectivity index (χ0) is 9.97. The third-order valence-electron chi connectivity index (χ3n) is 2.14. The average Bonchev–Trinajstić information content (AvgIpc) is 2.56. The molecule has 0 atom stereocenters. The van der Waals surface area contributed by atoms with Gasteiger partial charge in [0.15, 0.2) is 0 Å². The first-order valence-corrected chi connectivity index (χ1v) is 4.63. The number of aromatic nitrogens is 2. The molecular weight excluding hydrogens is 174 g/mol. The van der Waals surface area contributed by atoms with E-state index in [4.69, 9.17) is 5.73 Å². The summed E-state index contributed by atoms with van der Waals surface area (Å²) in [6.07, 6.45) is 4.85. The number of nitrogens with two attached hydrogens (primary N) is 1. The largest absolute Gasteiger partial charge is 0.399 e. The number of allylic oxidation sites excluding steroid dienone is 1. The monoisotopic (exact) mass is 187 g/mol. The maximum Gasteiger partial charge on any atom is 0.0943 e. The lowest BCUT2D eigenvalue weighted by Gasteiger charge is -1.94. The zero-order valence-corrected chi connectivity index (χ0v) is 7.98. The second kappa shape index (κ2) is 3.54. The van der Waals surface area contributed by atoms with Crippen molar-refractivity contribution in [2.45, 2.75) is 13.0 Å². The van der Waals surface area contributed by atoms with E-state index in [0.717, 1.165) is 29.6 Å². The lowest BCUT2D eigenvalue weighted by molar-refractivity contribution is 0.631. The highest BCUT2D eigenvalue weighted by atomic mass is 15.3. The van der Waals surface area contributed by atoms with E-state index in [1.54, 1.807) is 0 Å². The zero-order valence-electron chi connectivity index (χ0n) is 7.98. The Morgan fingerprint density at radius 1 is 1.50 bits per heavy atom. The fourth-order valence-corrected chi connectivity index (χ4v) is 1.42. The molecule has 0 spiro atoms. The number of anilines is 1. The summed E-state index contributed by atoms with van der Waals surface area (Å²) in [5.41, 5.74) is 7.38. The Labute approximate surface area is 82.8 Å². The summed E-state index contributed by atoms with van der Waals surface area (Å²) in [6, 6.07) is 5.77. The van der Waals surface area contributed by atoms with Crippen LogP contribution in [0.1, 0.15) is 6.42 Å². The first kappa shape index (κ1) is 8.81. The summed E-state index contributed by atoms with van der Waals surface area (Å²) in [5.74, 6) is 0. The number of rotatable bonds is 3. The van der Waals surface area contributed by atoms with Crippen molar-refractivity contribution >= 4 is 16.6 Å². The Bertz CT molecular complexity index is 457. The van der Waals surface area contributed by atoms with Crippen LogP contribution in [0.15, 0.2) is 37.1 Å². The lowest BCUT2D eigenvalue weighted by Crippen LogP contribution is -1.96. The number of benzene rings is 1. The Balaban J connectivity index is 2.36. The van der Waals surface area contributed by atoms with Crippen molar-refractivity contribution in [3.05, 3.63) is 37.1 Å². The molecule has 0 unspecified atom stereocenters. The van der Waals surface area contributed by atoms with E-state index < -0.39 is 0 Å². The fourth-order valence-electron chi connectivity index (χ4n) is 1.42. The Kier molecular flexibility index (Phi) is 2.23. The summed E-state index contributed by atoms with van der Waals surface area (Å²) >= 11 is 0. The van der Waals surface area contributed by atoms with Gasteiger partial charge in [-0.1, -0.05) is 6.08 Å². The minimum absolute atomic E-state index is 0.756. The molecule has 0 fully saturated rings. The van der Waals surface area contributed by atoms with Crippen LogP contribution in [-0.4, -0.2) is 9.78 Å². The standard InChI is InChI=1S/C11H13N3/c1-2-3-6-14-8-9-4-5-10(12)7-11(9)13-14/h2,4-5,7-8H,1,3,6,12H2. The number of aryl methyl sites for hydroxylation is 1. The van der Waals surface area contributed by atoms with Gasteiger partial charge in [0, 0.05) is 23.8 Å². The maximum atomic E-state index is 5.67. The molecule has 0 aliphatic rings. The second-order valence-corrected chi connectivity index (χ2v) is 3.29. The summed E-state index contributed by atoms with van der Waals surface area (Å²) in [7, 11) is 0. The molecule has 0 bridgehead atoms. The Morgan fingerprint density at radius 3 is 3.14 bits per heavy atom. The number of hydrogen-bond donors (Lipinski definition) is 1. The van der Waals surface area contributed by atoms with Crippen LogP contribution in [0, 0.1) is 0 Å². The highest BCUT2D eigenvalue weighted by molar-refractivity contribution is 5.81. The van der Waals surface area contributed by atoms with Gasteiger partial charge >= 0.3 is 0 Å². The molecular formula is C11H13N3. The van der Waals surface area contributed by atoms with Crippen molar-refractivity contribution in [2.75, 3.05) is 5.73 Å². The van der Waals surface area contributed by atoms with Gasteiger partial charge in [-0.15, -0.1) is 6.58 Å². The molecule has 14 heavy (non-hydrogen) atoms. The molecule has 0 saturated carbocycles. The number of nitrogen functional groups attached to an aromatic ring is 1. The van der Waals surface area contributed by atoms with Gasteiger partial charge < -0.3 is 5.73 Å². The van der Waals surface area contributed by atoms with Gasteiger partial charge in [-0.3, -0.25) is 4.68 Å². The predicted octanol–water partition coefficient (Wildman–Crippen LogP) is 2.19. The smallest absolute Gasteiger partial charge is 0.0943 e. The molecule has 1 heterocycles. The molecule has 0 radical (unpaired) electrons. The van der Waals surface area contributed by atoms with E-state index in [1.165, 1.54) is 0 Å². The molecule has 3 nitrogen and oxygen atoms in total.